The number of nitrogens with one attached hydrogen (secondary N) is 1. The lowest BCUT2D eigenvalue weighted by Gasteiger charge is -2.21. The number of hydrogen-bond acceptors (Lipinski definition) is 3. The molecule has 0 heterocycles. The van der Waals surface area contributed by atoms with Gasteiger partial charge in [-0.3, -0.25) is 4.90 Å². The predicted molar refractivity (Wildman–Crippen MR) is 62.1 cm³/mol. The van der Waals surface area contributed by atoms with Gasteiger partial charge < -0.3 is 10.1 Å². The van der Waals surface area contributed by atoms with Crippen molar-refractivity contribution in [3.63, 3.8) is 0 Å². The van der Waals surface area contributed by atoms with Crippen LogP contribution in [-0.2, 0) is 4.74 Å². The molecule has 0 aliphatic heterocycles. The quantitative estimate of drug-likeness (QED) is 0.604. The van der Waals surface area contributed by atoms with Gasteiger partial charge in [0.15, 0.2) is 0 Å². The normalized spacial score (nSPS) is 12.4. The summed E-state index contributed by atoms with van der Waals surface area (Å²) in [5, 5.41) is 3.11. The molecule has 0 fully saturated rings. The lowest BCUT2D eigenvalue weighted by molar-refractivity contribution is -0.145. The molecule has 0 radical (unpaired) electrons. The molecule has 0 rings (SSSR count). The van der Waals surface area contributed by atoms with Gasteiger partial charge in [-0.2, -0.15) is 13.2 Å². The van der Waals surface area contributed by atoms with E-state index in [1.807, 2.05) is 6.92 Å². The molecule has 17 heavy (non-hydrogen) atoms. The molecule has 0 unspecified atom stereocenters. The van der Waals surface area contributed by atoms with E-state index in [9.17, 15) is 13.2 Å². The summed E-state index contributed by atoms with van der Waals surface area (Å²) in [6.07, 6.45) is -3.22. The Morgan fingerprint density at radius 3 is 2.41 bits per heavy atom. The van der Waals surface area contributed by atoms with E-state index in [0.29, 0.717) is 32.8 Å². The Morgan fingerprint density at radius 2 is 1.88 bits per heavy atom. The number of rotatable bonds is 10. The van der Waals surface area contributed by atoms with E-state index in [4.69, 9.17) is 4.74 Å². The van der Waals surface area contributed by atoms with Gasteiger partial charge in [0, 0.05) is 26.3 Å². The van der Waals surface area contributed by atoms with E-state index in [2.05, 4.69) is 5.32 Å². The van der Waals surface area contributed by atoms with Crippen LogP contribution in [0.2, 0.25) is 0 Å². The number of alkyl halides is 3. The van der Waals surface area contributed by atoms with Crippen molar-refractivity contribution >= 4 is 0 Å². The summed E-state index contributed by atoms with van der Waals surface area (Å²) in [6.45, 7) is 6.44. The van der Waals surface area contributed by atoms with E-state index in [0.717, 1.165) is 13.0 Å². The molecule has 104 valence electrons. The van der Waals surface area contributed by atoms with Crippen LogP contribution < -0.4 is 5.32 Å². The van der Waals surface area contributed by atoms with Crippen LogP contribution in [0.3, 0.4) is 0 Å². The standard InChI is InChI=1S/C11H23F3N2O/c1-3-16(10-11(12,13)14)8-7-15-6-5-9-17-4-2/h15H,3-10H2,1-2H3. The highest BCUT2D eigenvalue weighted by Crippen LogP contribution is 2.15. The third-order valence-electron chi connectivity index (χ3n) is 2.30. The number of nitrogens with zero attached hydrogens (tertiary/aromatic N) is 1. The van der Waals surface area contributed by atoms with Crippen LogP contribution in [0.5, 0.6) is 0 Å². The van der Waals surface area contributed by atoms with Crippen molar-refractivity contribution < 1.29 is 17.9 Å². The fourth-order valence-corrected chi connectivity index (χ4v) is 1.41. The summed E-state index contributed by atoms with van der Waals surface area (Å²) in [5.74, 6) is 0. The zero-order valence-corrected chi connectivity index (χ0v) is 10.6. The van der Waals surface area contributed by atoms with Gasteiger partial charge in [-0.15, -0.1) is 0 Å². The third kappa shape index (κ3) is 11.9. The van der Waals surface area contributed by atoms with Crippen LogP contribution >= 0.6 is 0 Å². The second-order valence-corrected chi connectivity index (χ2v) is 3.78. The van der Waals surface area contributed by atoms with Crippen molar-refractivity contribution in [2.45, 2.75) is 26.4 Å². The molecule has 1 N–H and O–H groups in total. The Bertz CT molecular complexity index is 177. The lowest BCUT2D eigenvalue weighted by atomic mass is 10.4. The second-order valence-electron chi connectivity index (χ2n) is 3.78. The number of ether oxygens (including phenoxy) is 1. The van der Waals surface area contributed by atoms with E-state index >= 15 is 0 Å². The molecule has 0 aromatic carbocycles. The van der Waals surface area contributed by atoms with Gasteiger partial charge in [0.05, 0.1) is 6.54 Å². The van der Waals surface area contributed by atoms with Crippen molar-refractivity contribution in [2.24, 2.45) is 0 Å². The first-order valence-corrected chi connectivity index (χ1v) is 6.07. The average molecular weight is 256 g/mol. The Hall–Kier alpha value is -0.330. The van der Waals surface area contributed by atoms with Crippen molar-refractivity contribution in [3.8, 4) is 0 Å². The van der Waals surface area contributed by atoms with Crippen LogP contribution in [0.25, 0.3) is 0 Å². The van der Waals surface area contributed by atoms with Gasteiger partial charge in [0.1, 0.15) is 0 Å². The molecule has 6 heteroatoms. The molecule has 0 aromatic heterocycles. The van der Waals surface area contributed by atoms with Crippen LogP contribution in [0.1, 0.15) is 20.3 Å². The summed E-state index contributed by atoms with van der Waals surface area (Å²) in [7, 11) is 0. The highest BCUT2D eigenvalue weighted by Gasteiger charge is 2.29. The molecule has 0 spiro atoms. The van der Waals surface area contributed by atoms with Gasteiger partial charge in [0.2, 0.25) is 0 Å². The molecule has 0 saturated carbocycles. The summed E-state index contributed by atoms with van der Waals surface area (Å²) in [4.78, 5) is 1.38. The van der Waals surface area contributed by atoms with Gasteiger partial charge in [0.25, 0.3) is 0 Å². The van der Waals surface area contributed by atoms with Gasteiger partial charge in [-0.05, 0) is 26.4 Å². The van der Waals surface area contributed by atoms with Crippen molar-refractivity contribution in [1.82, 2.24) is 10.2 Å². The van der Waals surface area contributed by atoms with Crippen molar-refractivity contribution in [2.75, 3.05) is 45.9 Å². The zero-order valence-electron chi connectivity index (χ0n) is 10.6. The maximum absolute atomic E-state index is 12.1. The summed E-state index contributed by atoms with van der Waals surface area (Å²) >= 11 is 0. The minimum Gasteiger partial charge on any atom is -0.382 e. The van der Waals surface area contributed by atoms with Crippen molar-refractivity contribution in [1.29, 1.82) is 0 Å². The maximum Gasteiger partial charge on any atom is 0.401 e. The number of likely N-dealkylation sites (N-methyl/N-ethyl adjacent to an activating group) is 1. The molecule has 3 nitrogen and oxygen atoms in total. The van der Waals surface area contributed by atoms with Crippen molar-refractivity contribution in [3.05, 3.63) is 0 Å². The van der Waals surface area contributed by atoms with E-state index < -0.39 is 12.7 Å². The first-order chi connectivity index (χ1) is 7.99. The highest BCUT2D eigenvalue weighted by atomic mass is 19.4. The van der Waals surface area contributed by atoms with Crippen LogP contribution in [0, 0.1) is 0 Å². The SMILES string of the molecule is CCOCCCNCCN(CC)CC(F)(F)F. The van der Waals surface area contributed by atoms with Gasteiger partial charge in [-0.1, -0.05) is 6.92 Å². The Kier molecular flexibility index (Phi) is 9.49. The van der Waals surface area contributed by atoms with Gasteiger partial charge in [-0.25, -0.2) is 0 Å². The molecule has 0 bridgehead atoms. The Morgan fingerprint density at radius 1 is 1.18 bits per heavy atom. The maximum atomic E-state index is 12.1. The summed E-state index contributed by atoms with van der Waals surface area (Å²) in [6, 6.07) is 0. The molecule has 0 aliphatic carbocycles. The first kappa shape index (κ1) is 16.7. The second kappa shape index (κ2) is 9.67. The highest BCUT2D eigenvalue weighted by molar-refractivity contribution is 4.63. The minimum atomic E-state index is -4.11. The molecule has 0 atom stereocenters. The summed E-state index contributed by atoms with van der Waals surface area (Å²) in [5.41, 5.74) is 0. The fourth-order valence-electron chi connectivity index (χ4n) is 1.41. The van der Waals surface area contributed by atoms with Crippen LogP contribution in [0.15, 0.2) is 0 Å². The Balaban J connectivity index is 3.44. The minimum absolute atomic E-state index is 0.417. The summed E-state index contributed by atoms with van der Waals surface area (Å²) < 4.78 is 41.5. The molecular formula is C11H23F3N2O. The smallest absolute Gasteiger partial charge is 0.382 e. The lowest BCUT2D eigenvalue weighted by Crippen LogP contribution is -2.38. The zero-order chi connectivity index (χ0) is 13.1. The van der Waals surface area contributed by atoms with Crippen LogP contribution in [0.4, 0.5) is 13.2 Å². The fraction of sp³-hybridized carbons (Fsp3) is 1.00. The van der Waals surface area contributed by atoms with E-state index in [1.54, 1.807) is 6.92 Å². The molecule has 0 aliphatic rings. The van der Waals surface area contributed by atoms with Crippen LogP contribution in [-0.4, -0.2) is 57.0 Å². The first-order valence-electron chi connectivity index (χ1n) is 6.07. The Labute approximate surface area is 101 Å². The monoisotopic (exact) mass is 256 g/mol. The molecule has 0 aromatic rings. The number of hydrogen-bond donors (Lipinski definition) is 1. The average Bonchev–Trinajstić information content (AvgIpc) is 2.24. The number of halogens is 3. The topological polar surface area (TPSA) is 24.5 Å². The van der Waals surface area contributed by atoms with E-state index in [-0.39, 0.29) is 0 Å². The third-order valence-corrected chi connectivity index (χ3v) is 2.30. The molecular weight excluding hydrogens is 233 g/mol. The largest absolute Gasteiger partial charge is 0.401 e. The van der Waals surface area contributed by atoms with Gasteiger partial charge >= 0.3 is 6.18 Å². The molecule has 0 saturated heterocycles. The van der Waals surface area contributed by atoms with E-state index in [1.165, 1.54) is 4.90 Å². The molecule has 0 amide bonds. The predicted octanol–water partition coefficient (Wildman–Crippen LogP) is 1.89.